The Labute approximate surface area is 108 Å². The maximum absolute atomic E-state index is 10.4. The average Bonchev–Trinajstić information content (AvgIpc) is 2.29. The molecule has 0 aromatic carbocycles. The first-order valence-corrected chi connectivity index (χ1v) is 6.00. The van der Waals surface area contributed by atoms with Gasteiger partial charge in [-0.2, -0.15) is 0 Å². The lowest BCUT2D eigenvalue weighted by Crippen LogP contribution is -2.21. The molecule has 0 aliphatic carbocycles. The molecule has 0 heterocycles. The molecule has 0 aromatic heterocycles. The van der Waals surface area contributed by atoms with Gasteiger partial charge in [0.05, 0.1) is 13.2 Å². The molecule has 108 valence electrons. The summed E-state index contributed by atoms with van der Waals surface area (Å²) in [4.78, 5) is 20.6. The van der Waals surface area contributed by atoms with E-state index in [1.54, 1.807) is 6.92 Å². The largest absolute Gasteiger partial charge is 0.466 e. The molecule has 1 N–H and O–H groups in total. The minimum absolute atomic E-state index is 0.0678. The van der Waals surface area contributed by atoms with E-state index in [1.807, 2.05) is 13.8 Å². The summed E-state index contributed by atoms with van der Waals surface area (Å²) >= 11 is 0. The molecule has 6 nitrogen and oxygen atoms in total. The fourth-order valence-corrected chi connectivity index (χ4v) is 0.941. The summed E-state index contributed by atoms with van der Waals surface area (Å²) < 4.78 is 14.4. The van der Waals surface area contributed by atoms with Crippen molar-refractivity contribution in [3.63, 3.8) is 0 Å². The van der Waals surface area contributed by atoms with Crippen molar-refractivity contribution in [1.29, 1.82) is 0 Å². The molecule has 0 aromatic rings. The molecule has 18 heavy (non-hydrogen) atoms. The van der Waals surface area contributed by atoms with Crippen molar-refractivity contribution in [2.45, 2.75) is 40.4 Å². The van der Waals surface area contributed by atoms with Crippen LogP contribution in [0.2, 0.25) is 0 Å². The van der Waals surface area contributed by atoms with Gasteiger partial charge in [-0.25, -0.2) is 0 Å². The lowest BCUT2D eigenvalue weighted by atomic mass is 10.3. The van der Waals surface area contributed by atoms with Crippen LogP contribution in [0.4, 0.5) is 0 Å². The van der Waals surface area contributed by atoms with Gasteiger partial charge in [0.1, 0.15) is 12.2 Å². The van der Waals surface area contributed by atoms with Gasteiger partial charge in [0, 0.05) is 13.2 Å². The Morgan fingerprint density at radius 3 is 1.83 bits per heavy atom. The van der Waals surface area contributed by atoms with Crippen LogP contribution in [-0.4, -0.2) is 49.6 Å². The van der Waals surface area contributed by atoms with E-state index in [4.69, 9.17) is 14.6 Å². The second-order valence-corrected chi connectivity index (χ2v) is 3.21. The molecule has 0 amide bonds. The number of rotatable bonds is 8. The molecule has 0 aliphatic rings. The summed E-state index contributed by atoms with van der Waals surface area (Å²) in [6, 6.07) is 0. The van der Waals surface area contributed by atoms with Gasteiger partial charge in [-0.1, -0.05) is 0 Å². The maximum Gasteiger partial charge on any atom is 0.313 e. The minimum Gasteiger partial charge on any atom is -0.466 e. The standard InChI is InChI=1S/C6H10O3.C6H14O3/c1-3-9-6(8)4-5(2)7;1-3-8-6(5-7)9-4-2/h3-4H2,1-2H3;6-7H,3-5H2,1-2H3. The highest BCUT2D eigenvalue weighted by atomic mass is 16.7. The summed E-state index contributed by atoms with van der Waals surface area (Å²) in [7, 11) is 0. The molecule has 0 spiro atoms. The smallest absolute Gasteiger partial charge is 0.313 e. The number of aliphatic hydroxyl groups excluding tert-OH is 1. The van der Waals surface area contributed by atoms with E-state index in [1.165, 1.54) is 6.92 Å². The monoisotopic (exact) mass is 264 g/mol. The Morgan fingerprint density at radius 2 is 1.56 bits per heavy atom. The molecule has 0 bridgehead atoms. The maximum atomic E-state index is 10.4. The summed E-state index contributed by atoms with van der Waals surface area (Å²) in [5.41, 5.74) is 0. The first kappa shape index (κ1) is 19.4. The normalized spacial score (nSPS) is 9.67. The van der Waals surface area contributed by atoms with Crippen molar-refractivity contribution in [3.8, 4) is 0 Å². The van der Waals surface area contributed by atoms with Crippen LogP contribution >= 0.6 is 0 Å². The van der Waals surface area contributed by atoms with E-state index in [0.29, 0.717) is 19.8 Å². The lowest BCUT2D eigenvalue weighted by Gasteiger charge is -2.12. The zero-order valence-corrected chi connectivity index (χ0v) is 11.6. The van der Waals surface area contributed by atoms with Crippen molar-refractivity contribution < 1.29 is 28.9 Å². The van der Waals surface area contributed by atoms with E-state index < -0.39 is 12.3 Å². The quantitative estimate of drug-likeness (QED) is 0.398. The van der Waals surface area contributed by atoms with Crippen LogP contribution in [0, 0.1) is 0 Å². The van der Waals surface area contributed by atoms with Crippen LogP contribution in [-0.2, 0) is 23.8 Å². The van der Waals surface area contributed by atoms with Gasteiger partial charge < -0.3 is 19.3 Å². The number of aliphatic hydroxyl groups is 1. The van der Waals surface area contributed by atoms with E-state index in [9.17, 15) is 9.59 Å². The van der Waals surface area contributed by atoms with Gasteiger partial charge in [0.15, 0.2) is 6.29 Å². The van der Waals surface area contributed by atoms with E-state index in [-0.39, 0.29) is 18.8 Å². The van der Waals surface area contributed by atoms with Gasteiger partial charge in [0.25, 0.3) is 0 Å². The number of esters is 1. The first-order valence-electron chi connectivity index (χ1n) is 6.00. The Hall–Kier alpha value is -0.980. The molecule has 0 saturated heterocycles. The lowest BCUT2D eigenvalue weighted by molar-refractivity contribution is -0.156. The van der Waals surface area contributed by atoms with E-state index in [0.717, 1.165) is 0 Å². The van der Waals surface area contributed by atoms with Crippen molar-refractivity contribution in [2.24, 2.45) is 0 Å². The van der Waals surface area contributed by atoms with Crippen molar-refractivity contribution in [1.82, 2.24) is 0 Å². The van der Waals surface area contributed by atoms with Gasteiger partial charge in [-0.15, -0.1) is 0 Å². The van der Waals surface area contributed by atoms with Crippen LogP contribution in [0.1, 0.15) is 34.1 Å². The van der Waals surface area contributed by atoms with Crippen LogP contribution in [0.3, 0.4) is 0 Å². The van der Waals surface area contributed by atoms with Crippen molar-refractivity contribution in [2.75, 3.05) is 26.4 Å². The molecular formula is C12H24O6. The zero-order chi connectivity index (χ0) is 14.4. The van der Waals surface area contributed by atoms with E-state index in [2.05, 4.69) is 4.74 Å². The topological polar surface area (TPSA) is 82.1 Å². The average molecular weight is 264 g/mol. The molecule has 6 heteroatoms. The third kappa shape index (κ3) is 15.0. The molecule has 0 radical (unpaired) electrons. The Balaban J connectivity index is 0. The predicted molar refractivity (Wildman–Crippen MR) is 66.1 cm³/mol. The highest BCUT2D eigenvalue weighted by Gasteiger charge is 2.03. The number of carbonyl (C=O) groups excluding carboxylic acids is 2. The summed E-state index contributed by atoms with van der Waals surface area (Å²) in [5.74, 6) is -0.599. The molecule has 0 atom stereocenters. The fourth-order valence-electron chi connectivity index (χ4n) is 0.941. The number of hydrogen-bond acceptors (Lipinski definition) is 6. The SMILES string of the molecule is CCOC(=O)CC(C)=O.CCOC(CO)OCC. The Morgan fingerprint density at radius 1 is 1.06 bits per heavy atom. The molecule has 0 fully saturated rings. The predicted octanol–water partition coefficient (Wildman–Crippen LogP) is 0.906. The number of Topliss-reactive ketones (excluding diaryl/α,β-unsaturated/α-hetero) is 1. The number of carbonyl (C=O) groups is 2. The molecule has 0 saturated carbocycles. The van der Waals surface area contributed by atoms with Gasteiger partial charge in [-0.3, -0.25) is 9.59 Å². The third-order valence-electron chi connectivity index (χ3n) is 1.55. The summed E-state index contributed by atoms with van der Waals surface area (Å²) in [6.45, 7) is 8.21. The second-order valence-electron chi connectivity index (χ2n) is 3.21. The fraction of sp³-hybridized carbons (Fsp3) is 0.833. The molecule has 0 unspecified atom stereocenters. The van der Waals surface area contributed by atoms with Crippen molar-refractivity contribution >= 4 is 11.8 Å². The van der Waals surface area contributed by atoms with Gasteiger partial charge >= 0.3 is 5.97 Å². The van der Waals surface area contributed by atoms with Crippen LogP contribution < -0.4 is 0 Å². The summed E-state index contributed by atoms with van der Waals surface area (Å²) in [5, 5.41) is 8.54. The highest BCUT2D eigenvalue weighted by molar-refractivity contribution is 5.94. The second kappa shape index (κ2) is 14.1. The number of ketones is 1. The van der Waals surface area contributed by atoms with Crippen LogP contribution in [0.15, 0.2) is 0 Å². The molecule has 0 aliphatic heterocycles. The highest BCUT2D eigenvalue weighted by Crippen LogP contribution is 1.91. The Bertz CT molecular complexity index is 211. The first-order chi connectivity index (χ1) is 8.51. The summed E-state index contributed by atoms with van der Waals surface area (Å²) in [6.07, 6.45) is -0.534. The van der Waals surface area contributed by atoms with Crippen LogP contribution in [0.5, 0.6) is 0 Å². The molecular weight excluding hydrogens is 240 g/mol. The van der Waals surface area contributed by atoms with Crippen LogP contribution in [0.25, 0.3) is 0 Å². The molecule has 0 rings (SSSR count). The Kier molecular flexibility index (Phi) is 15.1. The van der Waals surface area contributed by atoms with E-state index >= 15 is 0 Å². The third-order valence-corrected chi connectivity index (χ3v) is 1.55. The number of ether oxygens (including phenoxy) is 3. The van der Waals surface area contributed by atoms with Gasteiger partial charge in [0.2, 0.25) is 0 Å². The number of hydrogen-bond donors (Lipinski definition) is 1. The minimum atomic E-state index is -0.440. The van der Waals surface area contributed by atoms with Gasteiger partial charge in [-0.05, 0) is 27.7 Å². The zero-order valence-electron chi connectivity index (χ0n) is 11.6. The van der Waals surface area contributed by atoms with Crippen molar-refractivity contribution in [3.05, 3.63) is 0 Å².